The van der Waals surface area contributed by atoms with E-state index in [1.54, 1.807) is 46.2 Å². The second kappa shape index (κ2) is 17.9. The summed E-state index contributed by atoms with van der Waals surface area (Å²) in [4.78, 5) is 51.7. The summed E-state index contributed by atoms with van der Waals surface area (Å²) in [7, 11) is 1.61. The number of carbonyl (C=O) groups excluding carboxylic acids is 3. The van der Waals surface area contributed by atoms with Gasteiger partial charge < -0.3 is 30.4 Å². The van der Waals surface area contributed by atoms with E-state index in [1.165, 1.54) is 4.90 Å². The third-order valence-electron chi connectivity index (χ3n) is 6.00. The maximum absolute atomic E-state index is 12.8. The van der Waals surface area contributed by atoms with Crippen molar-refractivity contribution < 1.29 is 26.7 Å². The minimum absolute atomic E-state index is 0. The molecule has 0 bridgehead atoms. The standard InChI is InChI=1S/C16H29N3O4.C10H9NO2.2C2H6.2H2/c1-6-10(2)12(18-15(22)23-16(3,4)5)14(21)19-9-7-8-11(19)13(17)20;1-13-8-2-3-9-7(6-8)4-5-11-10(9)12;2*1-2;;/h10-12H,6-9H2,1-5H3,(H2,17,20)(H,18,22);2-6H,1H3,(H,11,12);2*1-2H3;2*1H/t10-,11+,12+;;;;;/m1...../s1. The van der Waals surface area contributed by atoms with Crippen molar-refractivity contribution in [2.75, 3.05) is 13.7 Å². The number of methoxy groups -OCH3 is 1. The molecule has 10 nitrogen and oxygen atoms in total. The Morgan fingerprint density at radius 3 is 2.33 bits per heavy atom. The molecule has 1 aliphatic heterocycles. The number of hydrogen-bond acceptors (Lipinski definition) is 6. The number of nitrogens with zero attached hydrogens (tertiary/aromatic N) is 1. The van der Waals surface area contributed by atoms with Crippen LogP contribution in [0.4, 0.5) is 4.79 Å². The molecule has 1 aromatic carbocycles. The van der Waals surface area contributed by atoms with Crippen LogP contribution >= 0.6 is 0 Å². The monoisotopic (exact) mass is 566 g/mol. The summed E-state index contributed by atoms with van der Waals surface area (Å²) < 4.78 is 10.3. The van der Waals surface area contributed by atoms with E-state index in [0.717, 1.165) is 17.6 Å². The predicted molar refractivity (Wildman–Crippen MR) is 165 cm³/mol. The minimum atomic E-state index is -0.727. The predicted octanol–water partition coefficient (Wildman–Crippen LogP) is 5.48. The number of pyridine rings is 1. The van der Waals surface area contributed by atoms with Crippen molar-refractivity contribution in [2.45, 2.75) is 99.3 Å². The fraction of sp³-hybridized carbons (Fsp3) is 0.600. The number of aromatic nitrogens is 1. The van der Waals surface area contributed by atoms with Gasteiger partial charge in [0.1, 0.15) is 23.4 Å². The van der Waals surface area contributed by atoms with Crippen molar-refractivity contribution in [1.29, 1.82) is 0 Å². The van der Waals surface area contributed by atoms with Gasteiger partial charge >= 0.3 is 6.09 Å². The van der Waals surface area contributed by atoms with Gasteiger partial charge in [0, 0.05) is 21.0 Å². The van der Waals surface area contributed by atoms with Gasteiger partial charge in [-0.15, -0.1) is 0 Å². The van der Waals surface area contributed by atoms with Gasteiger partial charge in [0.05, 0.1) is 7.11 Å². The van der Waals surface area contributed by atoms with E-state index < -0.39 is 29.7 Å². The Balaban J connectivity index is -0.000000680. The van der Waals surface area contributed by atoms with Gasteiger partial charge in [-0.2, -0.15) is 0 Å². The van der Waals surface area contributed by atoms with Crippen molar-refractivity contribution in [1.82, 2.24) is 15.2 Å². The van der Waals surface area contributed by atoms with Crippen LogP contribution in [0.3, 0.4) is 0 Å². The molecule has 3 amide bonds. The number of nitrogens with one attached hydrogen (secondary N) is 2. The zero-order valence-corrected chi connectivity index (χ0v) is 25.9. The Morgan fingerprint density at radius 1 is 1.18 bits per heavy atom. The smallest absolute Gasteiger partial charge is 0.408 e. The lowest BCUT2D eigenvalue weighted by Gasteiger charge is -2.31. The highest BCUT2D eigenvalue weighted by Gasteiger charge is 2.38. The third-order valence-corrected chi connectivity index (χ3v) is 6.00. The van der Waals surface area contributed by atoms with E-state index in [2.05, 4.69) is 10.3 Å². The fourth-order valence-corrected chi connectivity index (χ4v) is 3.92. The van der Waals surface area contributed by atoms with E-state index in [9.17, 15) is 19.2 Å². The van der Waals surface area contributed by atoms with Gasteiger partial charge in [-0.1, -0.05) is 48.0 Å². The van der Waals surface area contributed by atoms with Gasteiger partial charge in [-0.05, 0) is 69.2 Å². The van der Waals surface area contributed by atoms with Crippen molar-refractivity contribution in [3.63, 3.8) is 0 Å². The molecule has 1 aromatic heterocycles. The maximum Gasteiger partial charge on any atom is 0.408 e. The molecule has 3 rings (SSSR count). The van der Waals surface area contributed by atoms with Crippen LogP contribution < -0.4 is 21.3 Å². The molecule has 1 aliphatic rings. The highest BCUT2D eigenvalue weighted by Crippen LogP contribution is 2.21. The molecule has 3 atom stereocenters. The zero-order valence-electron chi connectivity index (χ0n) is 25.9. The molecule has 1 fully saturated rings. The Labute approximate surface area is 242 Å². The van der Waals surface area contributed by atoms with Crippen molar-refractivity contribution in [3.8, 4) is 5.75 Å². The fourth-order valence-electron chi connectivity index (χ4n) is 3.92. The molecule has 0 saturated carbocycles. The molecule has 4 N–H and O–H groups in total. The number of benzene rings is 1. The summed E-state index contributed by atoms with van der Waals surface area (Å²) in [6, 6.07) is 5.90. The summed E-state index contributed by atoms with van der Waals surface area (Å²) >= 11 is 0. The quantitative estimate of drug-likeness (QED) is 0.422. The van der Waals surface area contributed by atoms with Crippen LogP contribution in [0.15, 0.2) is 35.3 Å². The maximum atomic E-state index is 12.8. The molecule has 2 aromatic rings. The van der Waals surface area contributed by atoms with Gasteiger partial charge in [0.2, 0.25) is 11.8 Å². The molecule has 2 heterocycles. The van der Waals surface area contributed by atoms with E-state index in [-0.39, 0.29) is 20.2 Å². The molecule has 0 unspecified atom stereocenters. The van der Waals surface area contributed by atoms with Gasteiger partial charge in [-0.3, -0.25) is 14.4 Å². The molecule has 10 heteroatoms. The average Bonchev–Trinajstić information content (AvgIpc) is 3.43. The summed E-state index contributed by atoms with van der Waals surface area (Å²) in [6.07, 6.45) is 3.01. The lowest BCUT2D eigenvalue weighted by molar-refractivity contribution is -0.140. The summed E-state index contributed by atoms with van der Waals surface area (Å²) in [5.41, 5.74) is 4.66. The highest BCUT2D eigenvalue weighted by molar-refractivity contribution is 5.91. The number of hydrogen-bond donors (Lipinski definition) is 3. The first kappa shape index (κ1) is 36.4. The summed E-state index contributed by atoms with van der Waals surface area (Å²) in [5, 5.41) is 4.23. The van der Waals surface area contributed by atoms with E-state index >= 15 is 0 Å². The molecule has 1 saturated heterocycles. The van der Waals surface area contributed by atoms with Crippen LogP contribution in [0.25, 0.3) is 10.8 Å². The number of H-pyrrole nitrogens is 1. The third kappa shape index (κ3) is 11.3. The Morgan fingerprint density at radius 2 is 1.80 bits per heavy atom. The number of rotatable bonds is 6. The number of alkyl carbamates (subject to hydrolysis) is 1. The second-order valence-corrected chi connectivity index (χ2v) is 9.86. The largest absolute Gasteiger partial charge is 0.497 e. The first-order valence-corrected chi connectivity index (χ1v) is 14.1. The average molecular weight is 567 g/mol. The first-order valence-electron chi connectivity index (χ1n) is 14.1. The molecule has 230 valence electrons. The summed E-state index contributed by atoms with van der Waals surface area (Å²) in [6.45, 7) is 17.6. The van der Waals surface area contributed by atoms with E-state index in [1.807, 2.05) is 53.7 Å². The summed E-state index contributed by atoms with van der Waals surface area (Å²) in [5.74, 6) is -0.0928. The van der Waals surface area contributed by atoms with Gasteiger partial charge in [-0.25, -0.2) is 4.79 Å². The Bertz CT molecular complexity index is 1140. The highest BCUT2D eigenvalue weighted by atomic mass is 16.6. The number of primary amides is 1. The SMILES string of the molecule is CC.CC.CC[C@@H](C)[C@H](NC(=O)OC(C)(C)C)C(=O)N1CCC[C@H]1C(N)=O.COc1ccc2c(=O)[nH]ccc2c1.[HH].[HH]. The van der Waals surface area contributed by atoms with Crippen molar-refractivity contribution in [3.05, 3.63) is 40.8 Å². The number of likely N-dealkylation sites (tertiary alicyclic amines) is 1. The number of amides is 3. The van der Waals surface area contributed by atoms with Crippen LogP contribution in [0, 0.1) is 5.92 Å². The minimum Gasteiger partial charge on any atom is -0.497 e. The van der Waals surface area contributed by atoms with Gasteiger partial charge in [0.15, 0.2) is 0 Å². The normalized spacial score (nSPS) is 15.6. The van der Waals surface area contributed by atoms with E-state index in [4.69, 9.17) is 15.2 Å². The van der Waals surface area contributed by atoms with Crippen LogP contribution in [-0.2, 0) is 14.3 Å². The topological polar surface area (TPSA) is 144 Å². The number of fused-ring (bicyclic) bond motifs is 1. The van der Waals surface area contributed by atoms with Crippen LogP contribution in [-0.4, -0.2) is 59.1 Å². The number of aromatic amines is 1. The lowest BCUT2D eigenvalue weighted by Crippen LogP contribution is -2.55. The van der Waals surface area contributed by atoms with Crippen LogP contribution in [0.5, 0.6) is 5.75 Å². The lowest BCUT2D eigenvalue weighted by atomic mass is 9.97. The number of carbonyl (C=O) groups is 3. The number of nitrogens with two attached hydrogens (primary N) is 1. The van der Waals surface area contributed by atoms with Crippen LogP contribution in [0.1, 0.15) is 84.4 Å². The Hall–Kier alpha value is -3.56. The number of ether oxygens (including phenoxy) is 2. The molecular weight excluding hydrogens is 512 g/mol. The molecule has 0 aliphatic carbocycles. The molecule has 0 spiro atoms. The van der Waals surface area contributed by atoms with Gasteiger partial charge in [0.25, 0.3) is 5.56 Å². The first-order chi connectivity index (χ1) is 18.9. The Kier molecular flexibility index (Phi) is 16.3. The molecule has 0 radical (unpaired) electrons. The molecular formula is C30H54N4O6. The van der Waals surface area contributed by atoms with Crippen molar-refractivity contribution in [2.24, 2.45) is 11.7 Å². The van der Waals surface area contributed by atoms with E-state index in [0.29, 0.717) is 24.8 Å². The molecule has 40 heavy (non-hydrogen) atoms. The van der Waals surface area contributed by atoms with Crippen LogP contribution in [0.2, 0.25) is 0 Å². The van der Waals surface area contributed by atoms with Crippen molar-refractivity contribution >= 4 is 28.7 Å². The zero-order chi connectivity index (χ0) is 31.0. The second-order valence-electron chi connectivity index (χ2n) is 9.86.